The standard InChI is InChI=1S/C11H18N2O2/c12-7-6-9(14)11(15)10(13)8-4-2-1-3-5-8/h1-5,9-11,14-15H,6-7,12-13H2. The number of benzene rings is 1. The Morgan fingerprint density at radius 3 is 2.27 bits per heavy atom. The molecule has 0 fully saturated rings. The molecule has 0 radical (unpaired) electrons. The number of nitrogens with two attached hydrogens (primary N) is 2. The van der Waals surface area contributed by atoms with Gasteiger partial charge in [0.1, 0.15) is 0 Å². The number of hydrogen-bond donors (Lipinski definition) is 4. The van der Waals surface area contributed by atoms with E-state index in [2.05, 4.69) is 0 Å². The summed E-state index contributed by atoms with van der Waals surface area (Å²) in [5.74, 6) is 0. The molecule has 1 aromatic rings. The molecule has 0 aromatic heterocycles. The highest BCUT2D eigenvalue weighted by Gasteiger charge is 2.23. The molecule has 3 atom stereocenters. The molecule has 0 aliphatic heterocycles. The second-order valence-corrected chi connectivity index (χ2v) is 3.57. The lowest BCUT2D eigenvalue weighted by molar-refractivity contribution is 0.000583. The molecule has 0 amide bonds. The predicted octanol–water partition coefficient (Wildman–Crippen LogP) is -0.243. The first kappa shape index (κ1) is 12.1. The van der Waals surface area contributed by atoms with Crippen LogP contribution in [-0.2, 0) is 0 Å². The minimum atomic E-state index is -0.976. The van der Waals surface area contributed by atoms with Gasteiger partial charge in [0.15, 0.2) is 0 Å². The SMILES string of the molecule is NCCC(O)C(O)C(N)c1ccccc1. The van der Waals surface area contributed by atoms with Crippen molar-refractivity contribution < 1.29 is 10.2 Å². The van der Waals surface area contributed by atoms with Gasteiger partial charge < -0.3 is 21.7 Å². The van der Waals surface area contributed by atoms with E-state index in [0.717, 1.165) is 5.56 Å². The van der Waals surface area contributed by atoms with Crippen LogP contribution in [-0.4, -0.2) is 29.0 Å². The van der Waals surface area contributed by atoms with E-state index in [9.17, 15) is 10.2 Å². The second-order valence-electron chi connectivity index (χ2n) is 3.57. The van der Waals surface area contributed by atoms with Gasteiger partial charge in [-0.2, -0.15) is 0 Å². The van der Waals surface area contributed by atoms with Crippen molar-refractivity contribution in [2.75, 3.05) is 6.54 Å². The van der Waals surface area contributed by atoms with Crippen LogP contribution < -0.4 is 11.5 Å². The van der Waals surface area contributed by atoms with Gasteiger partial charge in [-0.1, -0.05) is 30.3 Å². The molecule has 0 spiro atoms. The summed E-state index contributed by atoms with van der Waals surface area (Å²) in [6, 6.07) is 8.63. The van der Waals surface area contributed by atoms with E-state index in [1.54, 1.807) is 0 Å². The van der Waals surface area contributed by atoms with Crippen molar-refractivity contribution in [3.8, 4) is 0 Å². The Kier molecular flexibility index (Phi) is 4.71. The molecule has 4 heteroatoms. The third kappa shape index (κ3) is 3.28. The Morgan fingerprint density at radius 1 is 1.13 bits per heavy atom. The van der Waals surface area contributed by atoms with Gasteiger partial charge in [0.2, 0.25) is 0 Å². The van der Waals surface area contributed by atoms with Crippen LogP contribution in [0.15, 0.2) is 30.3 Å². The average molecular weight is 210 g/mol. The first-order valence-corrected chi connectivity index (χ1v) is 5.03. The fourth-order valence-corrected chi connectivity index (χ4v) is 1.45. The molecule has 15 heavy (non-hydrogen) atoms. The molecular weight excluding hydrogens is 192 g/mol. The molecule has 4 nitrogen and oxygen atoms in total. The summed E-state index contributed by atoms with van der Waals surface area (Å²) in [4.78, 5) is 0. The molecule has 6 N–H and O–H groups in total. The van der Waals surface area contributed by atoms with Crippen molar-refractivity contribution in [2.24, 2.45) is 11.5 Å². The van der Waals surface area contributed by atoms with Crippen LogP contribution in [0.4, 0.5) is 0 Å². The third-order valence-corrected chi connectivity index (χ3v) is 2.41. The summed E-state index contributed by atoms with van der Waals surface area (Å²) < 4.78 is 0. The molecule has 1 aromatic carbocycles. The molecule has 0 heterocycles. The van der Waals surface area contributed by atoms with Crippen molar-refractivity contribution in [2.45, 2.75) is 24.7 Å². The van der Waals surface area contributed by atoms with E-state index in [0.29, 0.717) is 13.0 Å². The molecule has 84 valence electrons. The summed E-state index contributed by atoms with van der Waals surface area (Å²) in [6.45, 7) is 0.333. The van der Waals surface area contributed by atoms with Crippen LogP contribution in [0.1, 0.15) is 18.0 Å². The van der Waals surface area contributed by atoms with E-state index >= 15 is 0 Å². The topological polar surface area (TPSA) is 92.5 Å². The molecule has 1 rings (SSSR count). The summed E-state index contributed by atoms with van der Waals surface area (Å²) in [5.41, 5.74) is 11.9. The zero-order chi connectivity index (χ0) is 11.3. The van der Waals surface area contributed by atoms with Gasteiger partial charge in [-0.05, 0) is 18.5 Å². The Morgan fingerprint density at radius 2 is 1.73 bits per heavy atom. The van der Waals surface area contributed by atoms with Gasteiger partial charge >= 0.3 is 0 Å². The van der Waals surface area contributed by atoms with Gasteiger partial charge in [0.05, 0.1) is 18.2 Å². The van der Waals surface area contributed by atoms with Crippen molar-refractivity contribution >= 4 is 0 Å². The zero-order valence-electron chi connectivity index (χ0n) is 8.58. The Hall–Kier alpha value is -0.940. The molecular formula is C11H18N2O2. The lowest BCUT2D eigenvalue weighted by atomic mass is 9.97. The van der Waals surface area contributed by atoms with Crippen molar-refractivity contribution in [3.05, 3.63) is 35.9 Å². The normalized spacial score (nSPS) is 17.1. The van der Waals surface area contributed by atoms with Crippen LogP contribution in [0, 0.1) is 0 Å². The maximum Gasteiger partial charge on any atom is 0.0991 e. The van der Waals surface area contributed by atoms with Crippen LogP contribution in [0.5, 0.6) is 0 Å². The summed E-state index contributed by atoms with van der Waals surface area (Å²) in [7, 11) is 0. The quantitative estimate of drug-likeness (QED) is 0.539. The van der Waals surface area contributed by atoms with Gasteiger partial charge in [-0.15, -0.1) is 0 Å². The number of rotatable bonds is 5. The fourth-order valence-electron chi connectivity index (χ4n) is 1.45. The van der Waals surface area contributed by atoms with E-state index in [1.165, 1.54) is 0 Å². The predicted molar refractivity (Wildman–Crippen MR) is 59.1 cm³/mol. The maximum absolute atomic E-state index is 9.74. The van der Waals surface area contributed by atoms with Crippen LogP contribution in [0.3, 0.4) is 0 Å². The van der Waals surface area contributed by atoms with Crippen molar-refractivity contribution in [1.29, 1.82) is 0 Å². The lowest BCUT2D eigenvalue weighted by Crippen LogP contribution is -2.37. The van der Waals surface area contributed by atoms with Crippen LogP contribution >= 0.6 is 0 Å². The monoisotopic (exact) mass is 210 g/mol. The maximum atomic E-state index is 9.74. The first-order chi connectivity index (χ1) is 7.16. The van der Waals surface area contributed by atoms with E-state index in [1.807, 2.05) is 30.3 Å². The number of aliphatic hydroxyl groups is 2. The third-order valence-electron chi connectivity index (χ3n) is 2.41. The summed E-state index contributed by atoms with van der Waals surface area (Å²) >= 11 is 0. The Labute approximate surface area is 89.5 Å². The van der Waals surface area contributed by atoms with E-state index < -0.39 is 18.2 Å². The highest BCUT2D eigenvalue weighted by atomic mass is 16.3. The molecule has 3 unspecified atom stereocenters. The number of hydrogen-bond acceptors (Lipinski definition) is 4. The van der Waals surface area contributed by atoms with Crippen LogP contribution in [0.2, 0.25) is 0 Å². The second kappa shape index (κ2) is 5.82. The lowest BCUT2D eigenvalue weighted by Gasteiger charge is -2.23. The van der Waals surface area contributed by atoms with Gasteiger partial charge in [0.25, 0.3) is 0 Å². The van der Waals surface area contributed by atoms with E-state index in [4.69, 9.17) is 11.5 Å². The van der Waals surface area contributed by atoms with Gasteiger partial charge in [-0.3, -0.25) is 0 Å². The first-order valence-electron chi connectivity index (χ1n) is 5.03. The largest absolute Gasteiger partial charge is 0.390 e. The Balaban J connectivity index is 2.64. The Bertz CT molecular complexity index is 279. The summed E-state index contributed by atoms with van der Waals surface area (Å²) in [6.07, 6.45) is -1.50. The van der Waals surface area contributed by atoms with Crippen LogP contribution in [0.25, 0.3) is 0 Å². The molecule has 0 saturated heterocycles. The van der Waals surface area contributed by atoms with Gasteiger partial charge in [0, 0.05) is 0 Å². The zero-order valence-corrected chi connectivity index (χ0v) is 8.58. The molecule has 0 aliphatic rings. The average Bonchev–Trinajstić information content (AvgIpc) is 2.28. The fraction of sp³-hybridized carbons (Fsp3) is 0.455. The van der Waals surface area contributed by atoms with Crippen molar-refractivity contribution in [1.82, 2.24) is 0 Å². The highest BCUT2D eigenvalue weighted by molar-refractivity contribution is 5.19. The highest BCUT2D eigenvalue weighted by Crippen LogP contribution is 2.17. The van der Waals surface area contributed by atoms with Gasteiger partial charge in [-0.25, -0.2) is 0 Å². The minimum Gasteiger partial charge on any atom is -0.390 e. The summed E-state index contributed by atoms with van der Waals surface area (Å²) in [5, 5.41) is 19.3. The van der Waals surface area contributed by atoms with Crippen molar-refractivity contribution in [3.63, 3.8) is 0 Å². The molecule has 0 saturated carbocycles. The minimum absolute atomic E-state index is 0.333. The smallest absolute Gasteiger partial charge is 0.0991 e. The van der Waals surface area contributed by atoms with E-state index in [-0.39, 0.29) is 0 Å². The molecule has 0 bridgehead atoms. The molecule has 0 aliphatic carbocycles. The number of aliphatic hydroxyl groups excluding tert-OH is 2.